The highest BCUT2D eigenvalue weighted by molar-refractivity contribution is 8.00. The number of fused-ring (bicyclic) bond motifs is 8. The van der Waals surface area contributed by atoms with E-state index < -0.39 is 0 Å². The number of hydrogen-bond acceptors (Lipinski definition) is 12. The van der Waals surface area contributed by atoms with E-state index in [-0.39, 0.29) is 24.2 Å². The van der Waals surface area contributed by atoms with Crippen molar-refractivity contribution >= 4 is 93.1 Å². The summed E-state index contributed by atoms with van der Waals surface area (Å²) in [6.45, 7) is 16.0. The van der Waals surface area contributed by atoms with Crippen LogP contribution >= 0.6 is 47.0 Å². The van der Waals surface area contributed by atoms with E-state index in [1.54, 1.807) is 0 Å². The van der Waals surface area contributed by atoms with Crippen LogP contribution in [0.3, 0.4) is 0 Å². The minimum Gasteiger partial charge on any atom is -0.323 e. The second kappa shape index (κ2) is 26.3. The number of anilines is 8. The normalized spacial score (nSPS) is 16.7. The summed E-state index contributed by atoms with van der Waals surface area (Å²) < 4.78 is 1.93. The molecule has 4 aromatic heterocycles. The van der Waals surface area contributed by atoms with Crippen molar-refractivity contribution < 1.29 is 8.97 Å². The van der Waals surface area contributed by atoms with Gasteiger partial charge < -0.3 is 28.6 Å². The topological polar surface area (TPSA) is 64.5 Å². The summed E-state index contributed by atoms with van der Waals surface area (Å²) >= 11 is 7.36. The van der Waals surface area contributed by atoms with E-state index >= 15 is 0 Å². The second-order valence-electron chi connectivity index (χ2n) is 24.4. The Balaban J connectivity index is 0.670. The van der Waals surface area contributed by atoms with Crippen LogP contribution < -0.4 is 19.6 Å². The van der Waals surface area contributed by atoms with Gasteiger partial charge in [0, 0.05) is 44.4 Å². The lowest BCUT2D eigenvalue weighted by Crippen LogP contribution is -2.57. The average molecular weight is 1190 g/mol. The molecule has 0 spiro atoms. The van der Waals surface area contributed by atoms with Crippen LogP contribution in [0.5, 0.6) is 0 Å². The molecule has 0 radical (unpaired) electrons. The fraction of sp³-hybridized carbons (Fsp3) is 0.371. The van der Waals surface area contributed by atoms with Crippen LogP contribution in [0.15, 0.2) is 210 Å². The van der Waals surface area contributed by atoms with Crippen molar-refractivity contribution in [2.75, 3.05) is 73.0 Å². The Morgan fingerprint density at radius 1 is 0.298 bits per heavy atom. The zero-order valence-electron chi connectivity index (χ0n) is 49.9. The average Bonchev–Trinajstić information content (AvgIpc) is 3.62. The van der Waals surface area contributed by atoms with Gasteiger partial charge in [-0.2, -0.15) is 0 Å². The summed E-state index contributed by atoms with van der Waals surface area (Å²) in [6.07, 6.45) is 20.6. The van der Waals surface area contributed by atoms with E-state index in [2.05, 4.69) is 207 Å². The molecule has 10 nitrogen and oxygen atoms in total. The lowest BCUT2D eigenvalue weighted by Gasteiger charge is -2.45. The lowest BCUT2D eigenvalue weighted by molar-refractivity contribution is -0.910. The van der Waals surface area contributed by atoms with E-state index in [4.69, 9.17) is 19.9 Å². The summed E-state index contributed by atoms with van der Waals surface area (Å²) in [5.41, 5.74) is 5.06. The van der Waals surface area contributed by atoms with Crippen LogP contribution in [-0.4, -0.2) is 106 Å². The predicted molar refractivity (Wildman–Crippen MR) is 353 cm³/mol. The Morgan fingerprint density at radius 2 is 0.512 bits per heavy atom. The molecule has 434 valence electrons. The molecule has 8 aromatic rings. The van der Waals surface area contributed by atoms with Gasteiger partial charge in [0.05, 0.1) is 120 Å². The molecular formula is C70H82N10S4+2. The standard InChI is InChI=1S/C70H82N10S4/c1-51(75-55-29-15-19-33-59(55)81-63-37-25-41-71-67(63)75)47-79(5,48-52(2)76-56-30-16-20-34-60(56)82-64-38-26-42-72-68(64)76)45-23-13-11-9-7-8-10-12-14-24-46-80(6,49-53(3)77-57-31-17-21-35-61(57)83-65-39-27-43-73-69(65)77)50-54(4)78-58-32-18-22-36-62(58)84-66-40-28-44-74-70(66)78/h15-22,25-44,51-54H,7-14,23-24,45-50H2,1-6H3/q+2. The first-order valence-electron chi connectivity index (χ1n) is 30.7. The third kappa shape index (κ3) is 12.8. The summed E-state index contributed by atoms with van der Waals surface area (Å²) in [7, 11) is 5.05. The minimum atomic E-state index is 0.229. The molecule has 4 unspecified atom stereocenters. The van der Waals surface area contributed by atoms with Gasteiger partial charge in [0.2, 0.25) is 0 Å². The molecule has 14 heteroatoms. The molecule has 0 saturated carbocycles. The smallest absolute Gasteiger partial charge is 0.147 e. The number of hydrogen-bond donors (Lipinski definition) is 0. The van der Waals surface area contributed by atoms with E-state index in [1.165, 1.54) is 126 Å². The molecule has 4 aromatic carbocycles. The van der Waals surface area contributed by atoms with Crippen molar-refractivity contribution in [2.45, 2.75) is 155 Å². The monoisotopic (exact) mass is 1190 g/mol. The molecule has 8 heterocycles. The van der Waals surface area contributed by atoms with Crippen molar-refractivity contribution in [3.8, 4) is 0 Å². The van der Waals surface area contributed by atoms with Crippen molar-refractivity contribution in [2.24, 2.45) is 0 Å². The number of benzene rings is 4. The number of aromatic nitrogens is 4. The number of nitrogens with zero attached hydrogens (tertiary/aromatic N) is 10. The number of para-hydroxylation sites is 4. The van der Waals surface area contributed by atoms with Crippen molar-refractivity contribution in [3.05, 3.63) is 170 Å². The number of likely N-dealkylation sites (N-methyl/N-ethyl adjacent to an activating group) is 2. The van der Waals surface area contributed by atoms with Gasteiger partial charge in [-0.3, -0.25) is 0 Å². The largest absolute Gasteiger partial charge is 0.323 e. The number of unbranched alkanes of at least 4 members (excludes halogenated alkanes) is 9. The van der Waals surface area contributed by atoms with Gasteiger partial charge in [-0.15, -0.1) is 0 Å². The molecule has 4 aliphatic heterocycles. The van der Waals surface area contributed by atoms with Gasteiger partial charge >= 0.3 is 0 Å². The first-order chi connectivity index (χ1) is 41.0. The highest BCUT2D eigenvalue weighted by atomic mass is 32.2. The summed E-state index contributed by atoms with van der Waals surface area (Å²) in [4.78, 5) is 40.3. The Hall–Kier alpha value is -6.00. The van der Waals surface area contributed by atoms with Gasteiger partial charge in [-0.25, -0.2) is 19.9 Å². The maximum absolute atomic E-state index is 5.02. The van der Waals surface area contributed by atoms with Crippen LogP contribution in [-0.2, 0) is 0 Å². The summed E-state index contributed by atoms with van der Waals surface area (Å²) in [5, 5.41) is 0. The molecule has 0 fully saturated rings. The molecule has 4 atom stereocenters. The molecular weight excluding hydrogens is 1110 g/mol. The fourth-order valence-corrected chi connectivity index (χ4v) is 18.2. The first kappa shape index (κ1) is 58.4. The Morgan fingerprint density at radius 3 is 0.762 bits per heavy atom. The number of rotatable bonds is 25. The highest BCUT2D eigenvalue weighted by Crippen LogP contribution is 2.52. The van der Waals surface area contributed by atoms with Crippen LogP contribution in [0.2, 0.25) is 0 Å². The Bertz CT molecular complexity index is 2920. The number of pyridine rings is 4. The first-order valence-corrected chi connectivity index (χ1v) is 34.0. The Labute approximate surface area is 517 Å². The quantitative estimate of drug-likeness (QED) is 0.0404. The SMILES string of the molecule is CC(C[N+](C)(CCCCCCCCCCCC[N+](C)(CC(C)N1c2ccccc2Sc2cccnc21)CC(C)N1c2ccccc2Sc2cccnc21)CC(C)N1c2ccccc2Sc2cccnc21)N1c2ccccc2Sc2cccnc21. The number of quaternary nitrogens is 2. The van der Waals surface area contributed by atoms with E-state index in [9.17, 15) is 0 Å². The highest BCUT2D eigenvalue weighted by Gasteiger charge is 2.40. The zero-order valence-corrected chi connectivity index (χ0v) is 53.2. The third-order valence-corrected chi connectivity index (χ3v) is 21.9. The van der Waals surface area contributed by atoms with E-state index in [1.807, 2.05) is 71.8 Å². The van der Waals surface area contributed by atoms with E-state index in [0.717, 1.165) is 71.5 Å². The summed E-state index contributed by atoms with van der Waals surface area (Å²) in [5.74, 6) is 4.31. The molecule has 12 rings (SSSR count). The van der Waals surface area contributed by atoms with Crippen LogP contribution in [0.25, 0.3) is 0 Å². The van der Waals surface area contributed by atoms with Crippen molar-refractivity contribution in [1.82, 2.24) is 19.9 Å². The van der Waals surface area contributed by atoms with E-state index in [0.29, 0.717) is 0 Å². The van der Waals surface area contributed by atoms with Crippen LogP contribution in [0, 0.1) is 0 Å². The predicted octanol–water partition coefficient (Wildman–Crippen LogP) is 18.1. The third-order valence-electron chi connectivity index (χ3n) is 17.5. The van der Waals surface area contributed by atoms with Crippen molar-refractivity contribution in [1.29, 1.82) is 0 Å². The Kier molecular flexibility index (Phi) is 18.3. The molecule has 0 N–H and O–H groups in total. The zero-order chi connectivity index (χ0) is 57.6. The summed E-state index contributed by atoms with van der Waals surface area (Å²) in [6, 6.07) is 53.7. The maximum atomic E-state index is 5.02. The van der Waals surface area contributed by atoms with Crippen LogP contribution in [0.1, 0.15) is 91.9 Å². The van der Waals surface area contributed by atoms with Gasteiger partial charge in [0.15, 0.2) is 0 Å². The molecule has 0 saturated heterocycles. The van der Waals surface area contributed by atoms with Crippen molar-refractivity contribution in [3.63, 3.8) is 0 Å². The molecule has 0 amide bonds. The minimum absolute atomic E-state index is 0.229. The molecule has 4 aliphatic rings. The lowest BCUT2D eigenvalue weighted by atomic mass is 10.0. The maximum Gasteiger partial charge on any atom is 0.147 e. The molecule has 84 heavy (non-hydrogen) atoms. The van der Waals surface area contributed by atoms with Crippen LogP contribution in [0.4, 0.5) is 46.0 Å². The molecule has 0 aliphatic carbocycles. The van der Waals surface area contributed by atoms with Gasteiger partial charge in [0.1, 0.15) is 23.3 Å². The van der Waals surface area contributed by atoms with Gasteiger partial charge in [-0.05, 0) is 150 Å². The van der Waals surface area contributed by atoms with Gasteiger partial charge in [0.25, 0.3) is 0 Å². The fourth-order valence-electron chi connectivity index (χ4n) is 14.0. The molecule has 0 bridgehead atoms. The second-order valence-corrected chi connectivity index (χ2v) is 28.7. The van der Waals surface area contributed by atoms with Gasteiger partial charge in [-0.1, -0.05) is 134 Å².